The first-order chi connectivity index (χ1) is 21.3. The van der Waals surface area contributed by atoms with Gasteiger partial charge in [0.25, 0.3) is 20.2 Å². The molecule has 46 heavy (non-hydrogen) atoms. The van der Waals surface area contributed by atoms with Crippen LogP contribution in [0.1, 0.15) is 77.9 Å². The maximum absolute atomic E-state index is 13.5. The summed E-state index contributed by atoms with van der Waals surface area (Å²) in [4.78, 5) is 30.7. The summed E-state index contributed by atoms with van der Waals surface area (Å²) in [5.41, 5.74) is -4.72. The zero-order valence-electron chi connectivity index (χ0n) is 26.7. The molecule has 0 bridgehead atoms. The van der Waals surface area contributed by atoms with Crippen LogP contribution in [0.4, 0.5) is 0 Å². The fraction of sp³-hybridized carbons (Fsp3) is 0.645. The highest BCUT2D eigenvalue weighted by Crippen LogP contribution is 2.66. The first kappa shape index (κ1) is 34.5. The second kappa shape index (κ2) is 12.0. The van der Waals surface area contributed by atoms with E-state index >= 15 is 0 Å². The minimum Gasteiger partial charge on any atom is -0.482 e. The number of nitrogens with zero attached hydrogens (tertiary/aromatic N) is 1. The Bertz CT molecular complexity index is 1760. The second-order valence-corrected chi connectivity index (χ2v) is 16.5. The second-order valence-electron chi connectivity index (χ2n) is 13.3. The fourth-order valence-electron chi connectivity index (χ4n) is 8.15. The molecule has 2 fully saturated rings. The van der Waals surface area contributed by atoms with E-state index < -0.39 is 78.6 Å². The van der Waals surface area contributed by atoms with Crippen molar-refractivity contribution in [3.63, 3.8) is 0 Å². The van der Waals surface area contributed by atoms with Crippen LogP contribution in [0.5, 0.6) is 5.75 Å². The average molecular weight is 684 g/mol. The number of aliphatic hydroxyl groups excluding tert-OH is 1. The van der Waals surface area contributed by atoms with Gasteiger partial charge in [0.1, 0.15) is 40.5 Å². The Balaban J connectivity index is 1.69. The molecule has 13 nitrogen and oxygen atoms in total. The highest BCUT2D eigenvalue weighted by molar-refractivity contribution is 7.86. The molecule has 2 aromatic rings. The van der Waals surface area contributed by atoms with E-state index in [1.165, 1.54) is 19.2 Å². The SMILES string of the molecule is CCCCC(=O)O[C@H]1CC2[C@](C)(CC[C@H](OS(C)(=O)=O)[C@@]2(C)OS(C)(=O)=O)C2[C@@H](O)c3c(cc(-c4cccnc4)oc3=O)O[C@@]21C. The fourth-order valence-corrected chi connectivity index (χ4v) is 9.73. The number of esters is 1. The first-order valence-corrected chi connectivity index (χ1v) is 18.9. The molecule has 2 saturated carbocycles. The van der Waals surface area contributed by atoms with Crippen LogP contribution in [0.25, 0.3) is 11.3 Å². The molecule has 0 aromatic carbocycles. The number of carbonyl (C=O) groups excluding carboxylic acids is 1. The molecular weight excluding hydrogens is 642 g/mol. The largest absolute Gasteiger partial charge is 0.482 e. The topological polar surface area (TPSA) is 186 Å². The Morgan fingerprint density at radius 2 is 1.85 bits per heavy atom. The summed E-state index contributed by atoms with van der Waals surface area (Å²) in [6.07, 6.45) is 2.66. The van der Waals surface area contributed by atoms with Crippen molar-refractivity contribution in [1.29, 1.82) is 0 Å². The maximum atomic E-state index is 13.5. The Hall–Kier alpha value is -2.85. The zero-order valence-corrected chi connectivity index (χ0v) is 28.4. The van der Waals surface area contributed by atoms with Crippen LogP contribution in [0, 0.1) is 17.3 Å². The van der Waals surface area contributed by atoms with Crippen LogP contribution in [-0.4, -0.2) is 68.8 Å². The predicted octanol–water partition coefficient (Wildman–Crippen LogP) is 3.50. The number of fused-ring (bicyclic) bond motifs is 4. The molecule has 1 N–H and O–H groups in total. The highest BCUT2D eigenvalue weighted by atomic mass is 32.2. The number of aromatic nitrogens is 1. The number of rotatable bonds is 9. The summed E-state index contributed by atoms with van der Waals surface area (Å²) in [6, 6.07) is 4.87. The van der Waals surface area contributed by atoms with Gasteiger partial charge in [-0.1, -0.05) is 20.3 Å². The third kappa shape index (κ3) is 6.23. The lowest BCUT2D eigenvalue weighted by Gasteiger charge is -2.66. The number of ether oxygens (including phenoxy) is 2. The van der Waals surface area contributed by atoms with Gasteiger partial charge in [0.05, 0.1) is 18.6 Å². The predicted molar refractivity (Wildman–Crippen MR) is 165 cm³/mol. The summed E-state index contributed by atoms with van der Waals surface area (Å²) in [5, 5.41) is 12.1. The lowest BCUT2D eigenvalue weighted by molar-refractivity contribution is -0.270. The Morgan fingerprint density at radius 3 is 2.46 bits per heavy atom. The van der Waals surface area contributed by atoms with Crippen molar-refractivity contribution in [3.05, 3.63) is 46.6 Å². The molecular formula is C31H41NO12S2. The van der Waals surface area contributed by atoms with E-state index in [0.29, 0.717) is 12.0 Å². The number of hydrogen-bond acceptors (Lipinski definition) is 13. The molecule has 3 aliphatic rings. The molecule has 1 aliphatic heterocycles. The number of hydrogen-bond donors (Lipinski definition) is 1. The molecule has 5 rings (SSSR count). The molecule has 254 valence electrons. The molecule has 0 spiro atoms. The van der Waals surface area contributed by atoms with Crippen molar-refractivity contribution in [2.75, 3.05) is 12.5 Å². The van der Waals surface area contributed by atoms with Crippen molar-refractivity contribution in [1.82, 2.24) is 4.98 Å². The van der Waals surface area contributed by atoms with E-state index in [-0.39, 0.29) is 42.8 Å². The van der Waals surface area contributed by atoms with E-state index in [0.717, 1.165) is 18.9 Å². The first-order valence-electron chi connectivity index (χ1n) is 15.3. The number of unbranched alkanes of at least 4 members (excludes halogenated alkanes) is 1. The van der Waals surface area contributed by atoms with Crippen LogP contribution in [-0.2, 0) is 38.1 Å². The van der Waals surface area contributed by atoms with Gasteiger partial charge < -0.3 is 19.0 Å². The average Bonchev–Trinajstić information content (AvgIpc) is 2.93. The van der Waals surface area contributed by atoms with Crippen LogP contribution < -0.4 is 10.4 Å². The van der Waals surface area contributed by atoms with Gasteiger partial charge in [-0.2, -0.15) is 16.8 Å². The van der Waals surface area contributed by atoms with Crippen molar-refractivity contribution in [2.45, 2.75) is 95.7 Å². The molecule has 2 aromatic heterocycles. The van der Waals surface area contributed by atoms with Gasteiger partial charge in [0.15, 0.2) is 0 Å². The van der Waals surface area contributed by atoms with Gasteiger partial charge in [-0.15, -0.1) is 0 Å². The monoisotopic (exact) mass is 683 g/mol. The van der Waals surface area contributed by atoms with E-state index in [2.05, 4.69) is 4.98 Å². The molecule has 2 aliphatic carbocycles. The Morgan fingerprint density at radius 1 is 1.13 bits per heavy atom. The van der Waals surface area contributed by atoms with Crippen molar-refractivity contribution >= 4 is 26.2 Å². The van der Waals surface area contributed by atoms with E-state index in [1.54, 1.807) is 25.3 Å². The summed E-state index contributed by atoms with van der Waals surface area (Å²) < 4.78 is 79.5. The van der Waals surface area contributed by atoms with Gasteiger partial charge in [-0.3, -0.25) is 18.1 Å². The van der Waals surface area contributed by atoms with Crippen molar-refractivity contribution in [3.8, 4) is 17.1 Å². The molecule has 8 atom stereocenters. The standard InChI is InChI=1S/C31H41NO12S2/c1-7-8-11-24(33)41-23-16-21-29(2,13-12-22(43-45(5,36)37)30(21,3)44-46(6,38)39)27-26(34)25-20(42-31(23,27)4)15-19(40-28(25)35)18-10-9-14-32-17-18/h9-10,14-15,17,21-23,26-27,34H,7-8,11-13,16H2,1-6H3/t21?,22-,23-,26-,27?,29-,30-,31+/m0/s1. The quantitative estimate of drug-likeness (QED) is 0.299. The smallest absolute Gasteiger partial charge is 0.345 e. The molecule has 15 heteroatoms. The molecule has 0 saturated heterocycles. The van der Waals surface area contributed by atoms with Gasteiger partial charge in [-0.25, -0.2) is 4.79 Å². The minimum atomic E-state index is -4.19. The molecule has 3 heterocycles. The number of pyridine rings is 1. The zero-order chi connectivity index (χ0) is 33.9. The summed E-state index contributed by atoms with van der Waals surface area (Å²) in [5.74, 6) is -2.13. The Kier molecular flexibility index (Phi) is 8.99. The summed E-state index contributed by atoms with van der Waals surface area (Å²) >= 11 is 0. The summed E-state index contributed by atoms with van der Waals surface area (Å²) in [7, 11) is -8.25. The van der Waals surface area contributed by atoms with E-state index in [4.69, 9.17) is 22.3 Å². The number of carbonyl (C=O) groups is 1. The Labute approximate surface area is 268 Å². The summed E-state index contributed by atoms with van der Waals surface area (Å²) in [6.45, 7) is 6.91. The number of aliphatic hydroxyl groups is 1. The van der Waals surface area contributed by atoms with Crippen LogP contribution in [0.3, 0.4) is 0 Å². The third-order valence-electron chi connectivity index (χ3n) is 9.96. The van der Waals surface area contributed by atoms with E-state index in [9.17, 15) is 31.5 Å². The lowest BCUT2D eigenvalue weighted by atomic mass is 9.45. The van der Waals surface area contributed by atoms with Crippen molar-refractivity contribution in [2.24, 2.45) is 17.3 Å². The minimum absolute atomic E-state index is 0.0179. The van der Waals surface area contributed by atoms with Gasteiger partial charge >= 0.3 is 11.6 Å². The highest BCUT2D eigenvalue weighted by Gasteiger charge is 2.71. The van der Waals surface area contributed by atoms with Gasteiger partial charge in [-0.05, 0) is 57.1 Å². The van der Waals surface area contributed by atoms with Crippen LogP contribution >= 0.6 is 0 Å². The van der Waals surface area contributed by atoms with Crippen LogP contribution in [0.15, 0.2) is 39.8 Å². The van der Waals surface area contributed by atoms with Crippen molar-refractivity contribution < 1.29 is 49.0 Å². The third-order valence-corrected chi connectivity index (χ3v) is 11.2. The van der Waals surface area contributed by atoms with Gasteiger partial charge in [0.2, 0.25) is 0 Å². The van der Waals surface area contributed by atoms with Gasteiger partial charge in [0, 0.05) is 42.3 Å². The molecule has 0 amide bonds. The molecule has 0 radical (unpaired) electrons. The van der Waals surface area contributed by atoms with E-state index in [1.807, 2.05) is 13.8 Å². The normalized spacial score (nSPS) is 34.0. The van der Waals surface area contributed by atoms with Crippen LogP contribution in [0.2, 0.25) is 0 Å². The molecule has 2 unspecified atom stereocenters. The lowest BCUT2D eigenvalue weighted by Crippen LogP contribution is -2.73. The maximum Gasteiger partial charge on any atom is 0.345 e.